The second kappa shape index (κ2) is 7.12. The Balaban J connectivity index is 2.34. The van der Waals surface area contributed by atoms with Crippen LogP contribution in [0.4, 0.5) is 0 Å². The Morgan fingerprint density at radius 1 is 0.769 bits per heavy atom. The molecule has 0 amide bonds. The maximum atomic E-state index is 10.8. The second-order valence-corrected chi connectivity index (χ2v) is 6.77. The summed E-state index contributed by atoms with van der Waals surface area (Å²) in [6.07, 6.45) is 0. The summed E-state index contributed by atoms with van der Waals surface area (Å²) in [5.41, 5.74) is 5.36. The monoisotopic (exact) mass is 348 g/mol. The first kappa shape index (κ1) is 17.9. The van der Waals surface area contributed by atoms with Gasteiger partial charge in [-0.15, -0.1) is 0 Å². The van der Waals surface area contributed by atoms with Crippen LogP contribution in [0, 0.1) is 20.8 Å². The molecule has 0 heterocycles. The first-order valence-corrected chi connectivity index (χ1v) is 8.65. The summed E-state index contributed by atoms with van der Waals surface area (Å²) in [6.45, 7) is 5.87. The molecule has 0 fully saturated rings. The normalized spacial score (nSPS) is 12.0. The Morgan fingerprint density at radius 2 is 1.35 bits per heavy atom. The van der Waals surface area contributed by atoms with Crippen LogP contribution in [-0.2, 0) is 0 Å². The van der Waals surface area contributed by atoms with Gasteiger partial charge in [-0.05, 0) is 43.5 Å². The molecule has 3 nitrogen and oxygen atoms in total. The summed E-state index contributed by atoms with van der Waals surface area (Å²) in [5, 5.41) is 21.6. The van der Waals surface area contributed by atoms with Crippen LogP contribution < -0.4 is 4.74 Å². The molecule has 3 heteroatoms. The van der Waals surface area contributed by atoms with Gasteiger partial charge < -0.3 is 14.9 Å². The molecular weight excluding hydrogens is 324 g/mol. The molecular formula is C23H24O3. The number of aromatic hydroxyl groups is 2. The van der Waals surface area contributed by atoms with Gasteiger partial charge in [-0.3, -0.25) is 0 Å². The van der Waals surface area contributed by atoms with Gasteiger partial charge in [-0.25, -0.2) is 0 Å². The van der Waals surface area contributed by atoms with Gasteiger partial charge in [0.1, 0.15) is 5.75 Å². The van der Waals surface area contributed by atoms with Gasteiger partial charge in [-0.2, -0.15) is 0 Å². The lowest BCUT2D eigenvalue weighted by Gasteiger charge is -2.23. The van der Waals surface area contributed by atoms with Crippen LogP contribution >= 0.6 is 0 Å². The van der Waals surface area contributed by atoms with Gasteiger partial charge in [0.05, 0.1) is 7.11 Å². The molecule has 0 bridgehead atoms. The molecule has 1 atom stereocenters. The van der Waals surface area contributed by atoms with Crippen molar-refractivity contribution in [3.63, 3.8) is 0 Å². The van der Waals surface area contributed by atoms with E-state index in [1.54, 1.807) is 7.11 Å². The number of ether oxygens (including phenoxy) is 1. The lowest BCUT2D eigenvalue weighted by molar-refractivity contribution is 0.369. The minimum atomic E-state index is -0.302. The van der Waals surface area contributed by atoms with E-state index >= 15 is 0 Å². The average Bonchev–Trinajstić information content (AvgIpc) is 2.62. The predicted molar refractivity (Wildman–Crippen MR) is 104 cm³/mol. The molecule has 3 aromatic rings. The minimum absolute atomic E-state index is 0.102. The fourth-order valence-electron chi connectivity index (χ4n) is 3.53. The van der Waals surface area contributed by atoms with Crippen LogP contribution in [0.15, 0.2) is 54.6 Å². The van der Waals surface area contributed by atoms with Crippen LogP contribution in [0.3, 0.4) is 0 Å². The van der Waals surface area contributed by atoms with E-state index in [9.17, 15) is 10.2 Å². The van der Waals surface area contributed by atoms with Crippen LogP contribution in [0.5, 0.6) is 17.2 Å². The quantitative estimate of drug-likeness (QED) is 0.636. The summed E-state index contributed by atoms with van der Waals surface area (Å²) in [5.74, 6) is 0.489. The van der Waals surface area contributed by atoms with Crippen LogP contribution in [0.25, 0.3) is 0 Å². The maximum absolute atomic E-state index is 10.8. The van der Waals surface area contributed by atoms with Crippen molar-refractivity contribution in [1.82, 2.24) is 0 Å². The first-order chi connectivity index (χ1) is 12.4. The summed E-state index contributed by atoms with van der Waals surface area (Å²) < 4.78 is 5.35. The summed E-state index contributed by atoms with van der Waals surface area (Å²) >= 11 is 0. The van der Waals surface area contributed by atoms with Gasteiger partial charge in [-0.1, -0.05) is 54.1 Å². The highest BCUT2D eigenvalue weighted by Crippen LogP contribution is 2.45. The molecule has 0 radical (unpaired) electrons. The topological polar surface area (TPSA) is 49.7 Å². The van der Waals surface area contributed by atoms with Crippen molar-refractivity contribution in [3.8, 4) is 17.2 Å². The van der Waals surface area contributed by atoms with Crippen molar-refractivity contribution in [1.29, 1.82) is 0 Å². The van der Waals surface area contributed by atoms with Gasteiger partial charge in [0.2, 0.25) is 0 Å². The number of phenols is 2. The van der Waals surface area contributed by atoms with Crippen molar-refractivity contribution < 1.29 is 14.9 Å². The number of benzene rings is 3. The standard InChI is InChI=1S/C23H24O3/c1-14-10-16(3)22(24)18(11-14)21(17-8-6-5-7-9-17)19-12-15(2)13-20(26-4)23(19)25/h5-13,21,24-25H,1-4H3. The molecule has 0 aliphatic carbocycles. The number of rotatable bonds is 4. The number of hydrogen-bond donors (Lipinski definition) is 2. The van der Waals surface area contributed by atoms with Crippen molar-refractivity contribution in [2.45, 2.75) is 26.7 Å². The Kier molecular flexibility index (Phi) is 4.90. The first-order valence-electron chi connectivity index (χ1n) is 8.65. The largest absolute Gasteiger partial charge is 0.507 e. The number of hydrogen-bond acceptors (Lipinski definition) is 3. The minimum Gasteiger partial charge on any atom is -0.507 e. The van der Waals surface area contributed by atoms with Gasteiger partial charge in [0.25, 0.3) is 0 Å². The lowest BCUT2D eigenvalue weighted by Crippen LogP contribution is -2.06. The van der Waals surface area contributed by atoms with E-state index in [1.807, 2.05) is 75.4 Å². The second-order valence-electron chi connectivity index (χ2n) is 6.77. The number of phenolic OH excluding ortho intramolecular Hbond substituents is 2. The smallest absolute Gasteiger partial charge is 0.161 e. The van der Waals surface area contributed by atoms with E-state index in [-0.39, 0.29) is 17.4 Å². The predicted octanol–water partition coefficient (Wildman–Crippen LogP) is 5.21. The fraction of sp³-hybridized carbons (Fsp3) is 0.217. The van der Waals surface area contributed by atoms with E-state index in [1.165, 1.54) is 0 Å². The molecule has 0 saturated heterocycles. The number of methoxy groups -OCH3 is 1. The molecule has 0 aliphatic heterocycles. The Labute approximate surface area is 154 Å². The molecule has 0 spiro atoms. The SMILES string of the molecule is COc1cc(C)cc(C(c2ccccc2)c2cc(C)cc(C)c2O)c1O. The Morgan fingerprint density at radius 3 is 1.96 bits per heavy atom. The Bertz CT molecular complexity index is 930. The van der Waals surface area contributed by atoms with Crippen LogP contribution in [0.1, 0.15) is 39.3 Å². The van der Waals surface area contributed by atoms with Crippen LogP contribution in [-0.4, -0.2) is 17.3 Å². The van der Waals surface area contributed by atoms with Gasteiger partial charge >= 0.3 is 0 Å². The van der Waals surface area contributed by atoms with Gasteiger partial charge in [0.15, 0.2) is 11.5 Å². The van der Waals surface area contributed by atoms with E-state index in [0.717, 1.165) is 27.8 Å². The third-order valence-electron chi connectivity index (χ3n) is 4.70. The van der Waals surface area contributed by atoms with E-state index in [4.69, 9.17) is 4.74 Å². The third kappa shape index (κ3) is 3.25. The zero-order valence-electron chi connectivity index (χ0n) is 15.6. The zero-order chi connectivity index (χ0) is 18.8. The van der Waals surface area contributed by atoms with E-state index in [0.29, 0.717) is 11.3 Å². The summed E-state index contributed by atoms with van der Waals surface area (Å²) in [6, 6.07) is 17.6. The van der Waals surface area contributed by atoms with Crippen molar-refractivity contribution in [2.24, 2.45) is 0 Å². The molecule has 3 rings (SSSR count). The molecule has 1 unspecified atom stereocenters. The highest BCUT2D eigenvalue weighted by molar-refractivity contribution is 5.59. The maximum Gasteiger partial charge on any atom is 0.161 e. The van der Waals surface area contributed by atoms with Crippen molar-refractivity contribution in [2.75, 3.05) is 7.11 Å². The molecule has 0 aliphatic rings. The molecule has 3 aromatic carbocycles. The molecule has 0 aromatic heterocycles. The molecule has 2 N–H and O–H groups in total. The van der Waals surface area contributed by atoms with E-state index in [2.05, 4.69) is 0 Å². The Hall–Kier alpha value is -2.94. The third-order valence-corrected chi connectivity index (χ3v) is 4.70. The lowest BCUT2D eigenvalue weighted by atomic mass is 9.82. The highest BCUT2D eigenvalue weighted by Gasteiger charge is 2.25. The van der Waals surface area contributed by atoms with Gasteiger partial charge in [0, 0.05) is 17.0 Å². The van der Waals surface area contributed by atoms with E-state index < -0.39 is 0 Å². The van der Waals surface area contributed by atoms with Crippen molar-refractivity contribution in [3.05, 3.63) is 88.0 Å². The summed E-state index contributed by atoms with van der Waals surface area (Å²) in [7, 11) is 1.55. The zero-order valence-corrected chi connectivity index (χ0v) is 15.6. The number of aryl methyl sites for hydroxylation is 3. The molecule has 26 heavy (non-hydrogen) atoms. The fourth-order valence-corrected chi connectivity index (χ4v) is 3.53. The summed E-state index contributed by atoms with van der Waals surface area (Å²) in [4.78, 5) is 0. The highest BCUT2D eigenvalue weighted by atomic mass is 16.5. The average molecular weight is 348 g/mol. The molecule has 0 saturated carbocycles. The van der Waals surface area contributed by atoms with Crippen LogP contribution in [0.2, 0.25) is 0 Å². The van der Waals surface area contributed by atoms with Crippen molar-refractivity contribution >= 4 is 0 Å². The molecule has 134 valence electrons.